The highest BCUT2D eigenvalue weighted by molar-refractivity contribution is 5.81. The number of carbonyl (C=O) groups excluding carboxylic acids is 1. The first-order valence-electron chi connectivity index (χ1n) is 5.27. The third-order valence-corrected chi connectivity index (χ3v) is 2.49. The van der Waals surface area contributed by atoms with Crippen LogP contribution >= 0.6 is 0 Å². The maximum atomic E-state index is 13.1. The number of rotatable bonds is 3. The van der Waals surface area contributed by atoms with Gasteiger partial charge in [-0.3, -0.25) is 0 Å². The molecule has 0 aliphatic heterocycles. The minimum Gasteiger partial charge on any atom is -0.458 e. The molecule has 1 rings (SSSR count). The van der Waals surface area contributed by atoms with Crippen molar-refractivity contribution < 1.29 is 49.8 Å². The van der Waals surface area contributed by atoms with Gasteiger partial charge in [0.1, 0.15) is 18.2 Å². The fraction of sp³-hybridized carbons (Fsp3) is 0.364. The fourth-order valence-electron chi connectivity index (χ4n) is 1.28. The molecule has 0 fully saturated rings. The second kappa shape index (κ2) is 5.71. The number of esters is 1. The van der Waals surface area contributed by atoms with E-state index < -0.39 is 47.7 Å². The van der Waals surface area contributed by atoms with Crippen LogP contribution in [0.4, 0.5) is 35.1 Å². The molecule has 0 spiro atoms. The Kier molecular flexibility index (Phi) is 4.70. The van der Waals surface area contributed by atoms with Crippen molar-refractivity contribution in [3.05, 3.63) is 35.4 Å². The topological polar surface area (TPSA) is 46.5 Å². The molecule has 1 aromatic carbocycles. The first kappa shape index (κ1) is 18.1. The summed E-state index contributed by atoms with van der Waals surface area (Å²) < 4.78 is 103. The van der Waals surface area contributed by atoms with E-state index in [9.17, 15) is 39.9 Å². The molecule has 0 atom stereocenters. The summed E-state index contributed by atoms with van der Waals surface area (Å²) in [5.41, 5.74) is -6.43. The van der Waals surface area contributed by atoms with Gasteiger partial charge < -0.3 is 9.84 Å². The predicted octanol–water partition coefficient (Wildman–Crippen LogP) is 2.86. The molecule has 0 radical (unpaired) electrons. The molecule has 3 nitrogen and oxygen atoms in total. The average Bonchev–Trinajstić information content (AvgIpc) is 2.33. The van der Waals surface area contributed by atoms with Crippen LogP contribution in [-0.4, -0.2) is 29.0 Å². The number of alkyl halides is 6. The highest BCUT2D eigenvalue weighted by atomic mass is 19.4. The number of hydrogen-bond acceptors (Lipinski definition) is 3. The Morgan fingerprint density at radius 2 is 1.55 bits per heavy atom. The van der Waals surface area contributed by atoms with Gasteiger partial charge in [0.25, 0.3) is 0 Å². The van der Waals surface area contributed by atoms with Crippen molar-refractivity contribution in [2.45, 2.75) is 24.6 Å². The quantitative estimate of drug-likeness (QED) is 0.681. The van der Waals surface area contributed by atoms with Gasteiger partial charge in [0.05, 0.1) is 0 Å². The second-order valence-electron chi connectivity index (χ2n) is 4.02. The summed E-state index contributed by atoms with van der Waals surface area (Å²) in [6, 6.07) is 1.58. The number of aliphatic hydroxyl groups is 1. The minimum absolute atomic E-state index is 0.281. The van der Waals surface area contributed by atoms with Crippen LogP contribution in [0.15, 0.2) is 18.2 Å². The van der Waals surface area contributed by atoms with E-state index in [0.29, 0.717) is 12.1 Å². The van der Waals surface area contributed by atoms with E-state index in [-0.39, 0.29) is 6.07 Å². The van der Waals surface area contributed by atoms with Crippen LogP contribution in [0.5, 0.6) is 0 Å². The number of carbonyl (C=O) groups is 1. The van der Waals surface area contributed by atoms with Crippen molar-refractivity contribution in [3.8, 4) is 0 Å². The lowest BCUT2D eigenvalue weighted by Crippen LogP contribution is -2.62. The second-order valence-corrected chi connectivity index (χ2v) is 4.02. The van der Waals surface area contributed by atoms with Crippen LogP contribution in [0.1, 0.15) is 5.56 Å². The molecule has 22 heavy (non-hydrogen) atoms. The molecule has 0 aromatic heterocycles. The first-order valence-corrected chi connectivity index (χ1v) is 5.27. The van der Waals surface area contributed by atoms with Gasteiger partial charge in [-0.05, 0) is 12.1 Å². The summed E-state index contributed by atoms with van der Waals surface area (Å²) in [7, 11) is 0. The normalized spacial score (nSPS) is 13.1. The van der Waals surface area contributed by atoms with Crippen molar-refractivity contribution in [2.24, 2.45) is 0 Å². The van der Waals surface area contributed by atoms with Gasteiger partial charge in [-0.1, -0.05) is 0 Å². The van der Waals surface area contributed by atoms with E-state index in [2.05, 4.69) is 4.74 Å². The van der Waals surface area contributed by atoms with Crippen molar-refractivity contribution in [2.75, 3.05) is 0 Å². The lowest BCUT2D eigenvalue weighted by Gasteiger charge is -2.29. The Labute approximate surface area is 117 Å². The number of halogens is 8. The third-order valence-electron chi connectivity index (χ3n) is 2.49. The molecular formula is C11H6F8O3. The summed E-state index contributed by atoms with van der Waals surface area (Å²) in [5, 5.41) is 8.67. The molecule has 1 N–H and O–H groups in total. The Bertz CT molecular complexity index is 549. The van der Waals surface area contributed by atoms with E-state index >= 15 is 0 Å². The lowest BCUT2D eigenvalue weighted by molar-refractivity contribution is -0.357. The van der Waals surface area contributed by atoms with E-state index in [4.69, 9.17) is 5.11 Å². The molecule has 0 aliphatic carbocycles. The van der Waals surface area contributed by atoms with Gasteiger partial charge in [0.2, 0.25) is 0 Å². The van der Waals surface area contributed by atoms with E-state index in [1.54, 1.807) is 0 Å². The SMILES string of the molecule is O=C(OCc1ccc(F)cc1F)C(O)(C(F)(F)F)C(F)(F)F. The smallest absolute Gasteiger partial charge is 0.437 e. The Hall–Kier alpha value is -1.91. The van der Waals surface area contributed by atoms with Gasteiger partial charge in [0.15, 0.2) is 0 Å². The molecule has 0 heterocycles. The van der Waals surface area contributed by atoms with Crippen molar-refractivity contribution in [3.63, 3.8) is 0 Å². The van der Waals surface area contributed by atoms with Gasteiger partial charge in [-0.2, -0.15) is 26.3 Å². The average molecular weight is 338 g/mol. The number of benzene rings is 1. The van der Waals surface area contributed by atoms with Crippen LogP contribution in [0.2, 0.25) is 0 Å². The molecular weight excluding hydrogens is 332 g/mol. The third kappa shape index (κ3) is 3.29. The Balaban J connectivity index is 2.99. The van der Waals surface area contributed by atoms with E-state index in [0.717, 1.165) is 0 Å². The van der Waals surface area contributed by atoms with Crippen LogP contribution in [0.25, 0.3) is 0 Å². The Morgan fingerprint density at radius 1 is 1.05 bits per heavy atom. The first-order chi connectivity index (χ1) is 9.80. The molecule has 11 heteroatoms. The maximum Gasteiger partial charge on any atom is 0.437 e. The summed E-state index contributed by atoms with van der Waals surface area (Å²) in [6.45, 7) is -1.36. The highest BCUT2D eigenvalue weighted by Crippen LogP contribution is 2.43. The zero-order valence-electron chi connectivity index (χ0n) is 10.2. The molecule has 1 aromatic rings. The zero-order valence-corrected chi connectivity index (χ0v) is 10.2. The zero-order chi connectivity index (χ0) is 17.3. The minimum atomic E-state index is -6.40. The molecule has 0 amide bonds. The van der Waals surface area contributed by atoms with Crippen molar-refractivity contribution >= 4 is 5.97 Å². The standard InChI is InChI=1S/C11H6F8O3/c12-6-2-1-5(7(13)3-6)4-22-8(20)9(21,10(14,15)16)11(17,18)19/h1-3,21H,4H2. The fourth-order valence-corrected chi connectivity index (χ4v) is 1.28. The number of ether oxygens (including phenoxy) is 1. The van der Waals surface area contributed by atoms with Crippen molar-refractivity contribution in [1.82, 2.24) is 0 Å². The highest BCUT2D eigenvalue weighted by Gasteiger charge is 2.76. The summed E-state index contributed by atoms with van der Waals surface area (Å²) in [5.74, 6) is -5.48. The van der Waals surface area contributed by atoms with E-state index in [1.165, 1.54) is 0 Å². The molecule has 0 bridgehead atoms. The summed E-state index contributed by atoms with van der Waals surface area (Å²) >= 11 is 0. The van der Waals surface area contributed by atoms with Crippen LogP contribution in [0, 0.1) is 11.6 Å². The number of hydrogen-bond donors (Lipinski definition) is 1. The molecule has 0 aliphatic rings. The molecule has 124 valence electrons. The van der Waals surface area contributed by atoms with Gasteiger partial charge >= 0.3 is 23.9 Å². The molecule has 0 saturated carbocycles. The largest absolute Gasteiger partial charge is 0.458 e. The molecule has 0 saturated heterocycles. The van der Waals surface area contributed by atoms with Gasteiger partial charge in [0, 0.05) is 11.6 Å². The molecule has 0 unspecified atom stereocenters. The Morgan fingerprint density at radius 3 is 1.95 bits per heavy atom. The summed E-state index contributed by atoms with van der Waals surface area (Å²) in [6.07, 6.45) is -12.8. The monoisotopic (exact) mass is 338 g/mol. The lowest BCUT2D eigenvalue weighted by atomic mass is 10.0. The maximum absolute atomic E-state index is 13.1. The van der Waals surface area contributed by atoms with Crippen LogP contribution in [-0.2, 0) is 16.1 Å². The van der Waals surface area contributed by atoms with Crippen LogP contribution < -0.4 is 0 Å². The predicted molar refractivity (Wildman–Crippen MR) is 53.2 cm³/mol. The summed E-state index contributed by atoms with van der Waals surface area (Å²) in [4.78, 5) is 11.0. The van der Waals surface area contributed by atoms with Gasteiger partial charge in [-0.25, -0.2) is 13.6 Å². The van der Waals surface area contributed by atoms with Crippen LogP contribution in [0.3, 0.4) is 0 Å². The van der Waals surface area contributed by atoms with Gasteiger partial charge in [-0.15, -0.1) is 0 Å². The van der Waals surface area contributed by atoms with E-state index in [1.807, 2.05) is 0 Å². The van der Waals surface area contributed by atoms with Crippen molar-refractivity contribution in [1.29, 1.82) is 0 Å².